The summed E-state index contributed by atoms with van der Waals surface area (Å²) in [6, 6.07) is 65.9. The van der Waals surface area contributed by atoms with Crippen LogP contribution in [0.3, 0.4) is 0 Å². The Morgan fingerprint density at radius 3 is 1.32 bits per heavy atom. The lowest BCUT2D eigenvalue weighted by molar-refractivity contribution is 1.09. The molecule has 0 amide bonds. The molecule has 0 unspecified atom stereocenters. The van der Waals surface area contributed by atoms with Gasteiger partial charge in [-0.1, -0.05) is 127 Å². The molecule has 0 saturated carbocycles. The molecule has 7 aromatic rings. The fraction of sp³-hybridized carbons (Fsp3) is 0.0426. The van der Waals surface area contributed by atoms with Crippen LogP contribution in [0, 0.1) is 13.8 Å². The quantitative estimate of drug-likeness (QED) is 0.0837. The van der Waals surface area contributed by atoms with Crippen LogP contribution in [0.5, 0.6) is 0 Å². The minimum Gasteiger partial charge on any atom is -0.311 e. The van der Waals surface area contributed by atoms with Gasteiger partial charge in [-0.25, -0.2) is 5.01 Å². The molecule has 0 radical (unpaired) electrons. The molecule has 0 aliphatic heterocycles. The maximum absolute atomic E-state index is 4.97. The van der Waals surface area contributed by atoms with E-state index in [2.05, 4.69) is 213 Å². The van der Waals surface area contributed by atoms with Crippen LogP contribution < -0.4 is 9.91 Å². The number of hydrogen-bond acceptors (Lipinski definition) is 3. The SMILES string of the molecule is Cc1cccc(N(N=Cc2ccc(N(c3ccccc3)c3ccc(C=C(c4ccccc4)c4ccccc4)cc3)cc2)c2cccc(C)c2)c1. The van der Waals surface area contributed by atoms with Gasteiger partial charge in [0, 0.05) is 17.1 Å². The second-order valence-electron chi connectivity index (χ2n) is 12.4. The highest BCUT2D eigenvalue weighted by atomic mass is 15.5. The van der Waals surface area contributed by atoms with Gasteiger partial charge in [0.25, 0.3) is 0 Å². The van der Waals surface area contributed by atoms with Crippen molar-refractivity contribution < 1.29 is 0 Å². The van der Waals surface area contributed by atoms with E-state index in [4.69, 9.17) is 5.10 Å². The van der Waals surface area contributed by atoms with Crippen LogP contribution in [-0.4, -0.2) is 6.21 Å². The van der Waals surface area contributed by atoms with E-state index in [0.29, 0.717) is 0 Å². The Hall–Kier alpha value is -6.45. The van der Waals surface area contributed by atoms with Crippen molar-refractivity contribution in [2.75, 3.05) is 9.91 Å². The largest absolute Gasteiger partial charge is 0.311 e. The van der Waals surface area contributed by atoms with E-state index >= 15 is 0 Å². The maximum atomic E-state index is 4.97. The van der Waals surface area contributed by atoms with Gasteiger partial charge in [-0.2, -0.15) is 5.10 Å². The van der Waals surface area contributed by atoms with Gasteiger partial charge in [-0.15, -0.1) is 0 Å². The van der Waals surface area contributed by atoms with Gasteiger partial charge in [-0.05, 0) is 120 Å². The monoisotopic (exact) mass is 645 g/mol. The Bertz CT molecular complexity index is 2120. The van der Waals surface area contributed by atoms with Crippen molar-refractivity contribution >= 4 is 46.3 Å². The Morgan fingerprint density at radius 1 is 0.420 bits per heavy atom. The first-order chi connectivity index (χ1) is 24.6. The predicted molar refractivity (Wildman–Crippen MR) is 213 cm³/mol. The van der Waals surface area contributed by atoms with Crippen molar-refractivity contribution in [2.45, 2.75) is 13.8 Å². The van der Waals surface area contributed by atoms with Crippen LogP contribution in [-0.2, 0) is 0 Å². The van der Waals surface area contributed by atoms with Gasteiger partial charge in [0.15, 0.2) is 0 Å². The van der Waals surface area contributed by atoms with Crippen LogP contribution in [0.15, 0.2) is 193 Å². The topological polar surface area (TPSA) is 18.8 Å². The standard InChI is InChI=1S/C47H39N3/c1-36-14-12-22-45(32-36)50(46-23-13-15-37(2)33-46)48-35-39-26-30-44(31-27-39)49(42-20-10-5-11-21-42)43-28-24-38(25-29-43)34-47(40-16-6-3-7-17-40)41-18-8-4-9-19-41/h3-35H,1-2H3. The molecule has 50 heavy (non-hydrogen) atoms. The highest BCUT2D eigenvalue weighted by molar-refractivity contribution is 5.92. The first-order valence-corrected chi connectivity index (χ1v) is 17.0. The molecule has 0 spiro atoms. The van der Waals surface area contributed by atoms with Gasteiger partial charge in [0.1, 0.15) is 0 Å². The summed E-state index contributed by atoms with van der Waals surface area (Å²) in [5.41, 5.74) is 13.4. The molecule has 7 rings (SSSR count). The number of anilines is 5. The van der Waals surface area contributed by atoms with Crippen LogP contribution >= 0.6 is 0 Å². The zero-order valence-corrected chi connectivity index (χ0v) is 28.4. The third-order valence-corrected chi connectivity index (χ3v) is 8.61. The molecular weight excluding hydrogens is 607 g/mol. The van der Waals surface area contributed by atoms with Crippen molar-refractivity contribution in [3.05, 3.63) is 221 Å². The maximum Gasteiger partial charge on any atom is 0.0655 e. The summed E-state index contributed by atoms with van der Waals surface area (Å²) in [4.78, 5) is 2.29. The van der Waals surface area contributed by atoms with Crippen LogP contribution in [0.4, 0.5) is 28.4 Å². The van der Waals surface area contributed by atoms with E-state index in [-0.39, 0.29) is 0 Å². The number of rotatable bonds is 10. The molecule has 0 fully saturated rings. The smallest absolute Gasteiger partial charge is 0.0655 e. The predicted octanol–water partition coefficient (Wildman–Crippen LogP) is 12.5. The number of aryl methyl sites for hydroxylation is 2. The molecule has 0 heterocycles. The average molecular weight is 646 g/mol. The van der Waals surface area contributed by atoms with Crippen molar-refractivity contribution in [3.63, 3.8) is 0 Å². The summed E-state index contributed by atoms with van der Waals surface area (Å²) in [7, 11) is 0. The lowest BCUT2D eigenvalue weighted by Gasteiger charge is -2.25. The van der Waals surface area contributed by atoms with Crippen LogP contribution in [0.25, 0.3) is 11.6 Å². The fourth-order valence-corrected chi connectivity index (χ4v) is 6.12. The minimum atomic E-state index is 1.02. The van der Waals surface area contributed by atoms with Crippen LogP contribution in [0.1, 0.15) is 33.4 Å². The summed E-state index contributed by atoms with van der Waals surface area (Å²) in [6.07, 6.45) is 4.20. The zero-order chi connectivity index (χ0) is 34.1. The summed E-state index contributed by atoms with van der Waals surface area (Å²) in [6.45, 7) is 4.21. The molecule has 0 aromatic heterocycles. The molecule has 0 N–H and O–H groups in total. The normalized spacial score (nSPS) is 10.9. The third kappa shape index (κ3) is 7.64. The summed E-state index contributed by atoms with van der Waals surface area (Å²) in [5, 5.41) is 6.97. The van der Waals surface area contributed by atoms with Crippen molar-refractivity contribution in [3.8, 4) is 0 Å². The van der Waals surface area contributed by atoms with E-state index in [1.54, 1.807) is 0 Å². The Morgan fingerprint density at radius 2 is 0.840 bits per heavy atom. The Labute approximate surface area is 295 Å². The summed E-state index contributed by atoms with van der Waals surface area (Å²) >= 11 is 0. The van der Waals surface area contributed by atoms with E-state index in [0.717, 1.165) is 39.6 Å². The minimum absolute atomic E-state index is 1.02. The highest BCUT2D eigenvalue weighted by Gasteiger charge is 2.13. The molecule has 0 atom stereocenters. The third-order valence-electron chi connectivity index (χ3n) is 8.61. The number of para-hydroxylation sites is 1. The highest BCUT2D eigenvalue weighted by Crippen LogP contribution is 2.35. The average Bonchev–Trinajstić information content (AvgIpc) is 3.16. The Kier molecular flexibility index (Phi) is 9.75. The number of hydrogen-bond donors (Lipinski definition) is 0. The lowest BCUT2D eigenvalue weighted by Crippen LogP contribution is -2.10. The summed E-state index contributed by atoms with van der Waals surface area (Å²) < 4.78 is 0. The Balaban J connectivity index is 1.19. The molecule has 7 aromatic carbocycles. The molecule has 3 nitrogen and oxygen atoms in total. The fourth-order valence-electron chi connectivity index (χ4n) is 6.12. The second kappa shape index (κ2) is 15.2. The lowest BCUT2D eigenvalue weighted by atomic mass is 9.95. The molecular formula is C47H39N3. The van der Waals surface area contributed by atoms with Crippen molar-refractivity contribution in [1.82, 2.24) is 0 Å². The first-order valence-electron chi connectivity index (χ1n) is 17.0. The van der Waals surface area contributed by atoms with Gasteiger partial charge in [0.05, 0.1) is 17.6 Å². The number of benzene rings is 7. The van der Waals surface area contributed by atoms with E-state index in [1.165, 1.54) is 27.8 Å². The molecule has 0 saturated heterocycles. The zero-order valence-electron chi connectivity index (χ0n) is 28.4. The first kappa shape index (κ1) is 32.1. The second-order valence-corrected chi connectivity index (χ2v) is 12.4. The summed E-state index contributed by atoms with van der Waals surface area (Å²) in [5.74, 6) is 0. The number of hydrazone groups is 1. The van der Waals surface area contributed by atoms with Gasteiger partial charge in [0.2, 0.25) is 0 Å². The molecule has 0 bridgehead atoms. The van der Waals surface area contributed by atoms with E-state index in [9.17, 15) is 0 Å². The van der Waals surface area contributed by atoms with Gasteiger partial charge >= 0.3 is 0 Å². The van der Waals surface area contributed by atoms with Gasteiger partial charge < -0.3 is 4.90 Å². The number of nitrogens with zero attached hydrogens (tertiary/aromatic N) is 3. The molecule has 3 heteroatoms. The van der Waals surface area contributed by atoms with E-state index < -0.39 is 0 Å². The van der Waals surface area contributed by atoms with E-state index in [1.807, 2.05) is 11.2 Å². The molecule has 0 aliphatic rings. The van der Waals surface area contributed by atoms with Crippen LogP contribution in [0.2, 0.25) is 0 Å². The van der Waals surface area contributed by atoms with Crippen molar-refractivity contribution in [2.24, 2.45) is 5.10 Å². The molecule has 0 aliphatic carbocycles. The van der Waals surface area contributed by atoms with Gasteiger partial charge in [-0.3, -0.25) is 0 Å². The van der Waals surface area contributed by atoms with Crippen molar-refractivity contribution in [1.29, 1.82) is 0 Å². The molecule has 242 valence electrons.